The maximum Gasteiger partial charge on any atom is 0.200 e. The number of ketones is 2. The molecule has 0 bridgehead atoms. The van der Waals surface area contributed by atoms with Crippen molar-refractivity contribution in [3.8, 4) is 5.75 Å². The van der Waals surface area contributed by atoms with Gasteiger partial charge in [0.05, 0.1) is 27.9 Å². The number of nitrogens with one attached hydrogen (secondary N) is 2. The minimum atomic E-state index is -0.369. The molecule has 3 N–H and O–H groups in total. The van der Waals surface area contributed by atoms with Crippen LogP contribution in [0.25, 0.3) is 0 Å². The Morgan fingerprint density at radius 3 is 1.87 bits per heavy atom. The number of nitrogens with zero attached hydrogens (tertiary/aromatic N) is 3. The van der Waals surface area contributed by atoms with Crippen molar-refractivity contribution < 1.29 is 14.7 Å². The van der Waals surface area contributed by atoms with Crippen LogP contribution >= 0.6 is 0 Å². The van der Waals surface area contributed by atoms with E-state index in [4.69, 9.17) is 0 Å². The number of carbonyl (C=O) groups is 2. The van der Waals surface area contributed by atoms with Gasteiger partial charge in [-0.2, -0.15) is 0 Å². The molecule has 0 radical (unpaired) electrons. The molecule has 3 rings (SSSR count). The van der Waals surface area contributed by atoms with Gasteiger partial charge in [-0.05, 0) is 47.2 Å². The predicted octanol–water partition coefficient (Wildman–Crippen LogP) is 1.82. The third-order valence-electron chi connectivity index (χ3n) is 5.12. The molecular formula is C22H29N5O3. The summed E-state index contributed by atoms with van der Waals surface area (Å²) >= 11 is 0. The second kappa shape index (κ2) is 8.81. The van der Waals surface area contributed by atoms with Crippen LogP contribution in [0.2, 0.25) is 0 Å². The van der Waals surface area contributed by atoms with Gasteiger partial charge in [0.25, 0.3) is 0 Å². The maximum absolute atomic E-state index is 13.5. The average molecular weight is 412 g/mol. The molecule has 2 aromatic rings. The van der Waals surface area contributed by atoms with Crippen molar-refractivity contribution in [2.24, 2.45) is 0 Å². The van der Waals surface area contributed by atoms with E-state index in [9.17, 15) is 14.7 Å². The molecule has 0 aliphatic heterocycles. The Kier molecular flexibility index (Phi) is 6.38. The standard InChI is InChI=1S/C22H29N5O3/c1-13-20(28)17-14(12-25-13)21(29)18-15(23-8-10-26(2)3)6-7-16(19(18)22(17)30)24-9-11-27(4)5/h6-7,12,23-24,28H,8-11H2,1-5H3. The number of fused-ring (bicyclic) bond motifs is 2. The lowest BCUT2D eigenvalue weighted by molar-refractivity contribution is 0.0977. The fourth-order valence-electron chi connectivity index (χ4n) is 3.45. The van der Waals surface area contributed by atoms with Crippen LogP contribution in [0.3, 0.4) is 0 Å². The average Bonchev–Trinajstić information content (AvgIpc) is 2.68. The van der Waals surface area contributed by atoms with Gasteiger partial charge in [0, 0.05) is 43.8 Å². The highest BCUT2D eigenvalue weighted by Crippen LogP contribution is 2.39. The Balaban J connectivity index is 2.09. The molecule has 0 amide bonds. The van der Waals surface area contributed by atoms with Crippen LogP contribution in [0, 0.1) is 6.92 Å². The number of rotatable bonds is 8. The fraction of sp³-hybridized carbons (Fsp3) is 0.409. The van der Waals surface area contributed by atoms with Gasteiger partial charge in [-0.3, -0.25) is 14.6 Å². The van der Waals surface area contributed by atoms with Crippen molar-refractivity contribution in [3.05, 3.63) is 46.3 Å². The van der Waals surface area contributed by atoms with Gasteiger partial charge >= 0.3 is 0 Å². The van der Waals surface area contributed by atoms with Crippen molar-refractivity contribution in [2.45, 2.75) is 6.92 Å². The number of anilines is 2. The van der Waals surface area contributed by atoms with Crippen LogP contribution in [-0.4, -0.2) is 85.8 Å². The van der Waals surface area contributed by atoms with E-state index < -0.39 is 0 Å². The van der Waals surface area contributed by atoms with E-state index in [1.54, 1.807) is 6.92 Å². The van der Waals surface area contributed by atoms with Crippen LogP contribution < -0.4 is 10.6 Å². The number of pyridine rings is 1. The molecule has 30 heavy (non-hydrogen) atoms. The summed E-state index contributed by atoms with van der Waals surface area (Å²) in [4.78, 5) is 35.0. The number of aromatic hydroxyl groups is 1. The van der Waals surface area contributed by atoms with Crippen molar-refractivity contribution in [1.82, 2.24) is 14.8 Å². The number of hydrogen-bond acceptors (Lipinski definition) is 8. The second-order valence-electron chi connectivity index (χ2n) is 8.01. The molecule has 1 aromatic carbocycles. The largest absolute Gasteiger partial charge is 0.505 e. The number of likely N-dealkylation sites (N-methyl/N-ethyl adjacent to an activating group) is 2. The zero-order valence-electron chi connectivity index (χ0n) is 18.2. The number of hydrogen-bond donors (Lipinski definition) is 3. The van der Waals surface area contributed by atoms with Crippen LogP contribution in [0.5, 0.6) is 5.75 Å². The van der Waals surface area contributed by atoms with Gasteiger partial charge in [0.15, 0.2) is 5.78 Å². The smallest absolute Gasteiger partial charge is 0.200 e. The van der Waals surface area contributed by atoms with E-state index in [2.05, 4.69) is 15.6 Å². The molecule has 0 saturated heterocycles. The summed E-state index contributed by atoms with van der Waals surface area (Å²) in [5.74, 6) is -0.918. The summed E-state index contributed by atoms with van der Waals surface area (Å²) in [5, 5.41) is 17.0. The molecule has 0 spiro atoms. The van der Waals surface area contributed by atoms with E-state index in [1.165, 1.54) is 6.20 Å². The lowest BCUT2D eigenvalue weighted by Gasteiger charge is -2.25. The Morgan fingerprint density at radius 2 is 1.37 bits per heavy atom. The highest BCUT2D eigenvalue weighted by Gasteiger charge is 2.36. The van der Waals surface area contributed by atoms with Gasteiger partial charge in [-0.25, -0.2) is 0 Å². The zero-order chi connectivity index (χ0) is 22.0. The quantitative estimate of drug-likeness (QED) is 0.516. The molecule has 1 aromatic heterocycles. The molecule has 0 saturated carbocycles. The number of aryl methyl sites for hydroxylation is 1. The van der Waals surface area contributed by atoms with Crippen molar-refractivity contribution in [1.29, 1.82) is 0 Å². The Bertz CT molecular complexity index is 985. The van der Waals surface area contributed by atoms with E-state index in [0.29, 0.717) is 41.3 Å². The maximum atomic E-state index is 13.5. The minimum absolute atomic E-state index is 0.0288. The van der Waals surface area contributed by atoms with Crippen LogP contribution in [0.15, 0.2) is 18.3 Å². The van der Waals surface area contributed by atoms with Gasteiger partial charge in [0.2, 0.25) is 5.78 Å². The first-order valence-corrected chi connectivity index (χ1v) is 9.94. The highest BCUT2D eigenvalue weighted by molar-refractivity contribution is 6.32. The third kappa shape index (κ3) is 4.15. The summed E-state index contributed by atoms with van der Waals surface area (Å²) in [6.07, 6.45) is 1.38. The van der Waals surface area contributed by atoms with Crippen LogP contribution in [0.4, 0.5) is 11.4 Å². The Labute approximate surface area is 176 Å². The molecule has 0 atom stereocenters. The molecule has 0 unspecified atom stereocenters. The van der Waals surface area contributed by atoms with Crippen molar-refractivity contribution >= 4 is 22.9 Å². The van der Waals surface area contributed by atoms with Crippen LogP contribution in [0.1, 0.15) is 37.5 Å². The van der Waals surface area contributed by atoms with Crippen LogP contribution in [-0.2, 0) is 0 Å². The molecule has 1 heterocycles. The number of benzene rings is 1. The van der Waals surface area contributed by atoms with Gasteiger partial charge in [-0.1, -0.05) is 0 Å². The summed E-state index contributed by atoms with van der Waals surface area (Å²) in [6, 6.07) is 3.64. The highest BCUT2D eigenvalue weighted by atomic mass is 16.3. The van der Waals surface area contributed by atoms with Crippen molar-refractivity contribution in [2.75, 3.05) is 65.0 Å². The molecule has 160 valence electrons. The molecule has 8 heteroatoms. The third-order valence-corrected chi connectivity index (χ3v) is 5.12. The molecule has 8 nitrogen and oxygen atoms in total. The first-order valence-electron chi connectivity index (χ1n) is 9.94. The summed E-state index contributed by atoms with van der Waals surface area (Å²) in [5.41, 5.74) is 2.30. The topological polar surface area (TPSA) is 97.8 Å². The Hall–Kier alpha value is -2.97. The predicted molar refractivity (Wildman–Crippen MR) is 118 cm³/mol. The number of carbonyl (C=O) groups excluding carboxylic acids is 2. The monoisotopic (exact) mass is 411 g/mol. The summed E-state index contributed by atoms with van der Waals surface area (Å²) in [7, 11) is 7.87. The SMILES string of the molecule is Cc1ncc2c(c1O)C(=O)c1c(NCCN(C)C)ccc(NCCN(C)C)c1C2=O. The van der Waals surface area contributed by atoms with E-state index in [0.717, 1.165) is 13.1 Å². The molecule has 0 fully saturated rings. The Morgan fingerprint density at radius 1 is 0.867 bits per heavy atom. The minimum Gasteiger partial charge on any atom is -0.505 e. The summed E-state index contributed by atoms with van der Waals surface area (Å²) < 4.78 is 0. The molecule has 1 aliphatic rings. The fourth-order valence-corrected chi connectivity index (χ4v) is 3.45. The number of aromatic nitrogens is 1. The first-order chi connectivity index (χ1) is 14.2. The zero-order valence-corrected chi connectivity index (χ0v) is 18.2. The summed E-state index contributed by atoms with van der Waals surface area (Å²) in [6.45, 7) is 4.39. The van der Waals surface area contributed by atoms with Gasteiger partial charge in [0.1, 0.15) is 5.75 Å². The van der Waals surface area contributed by atoms with E-state index in [1.807, 2.05) is 50.1 Å². The first kappa shape index (κ1) is 21.7. The van der Waals surface area contributed by atoms with E-state index in [-0.39, 0.29) is 28.4 Å². The van der Waals surface area contributed by atoms with Gasteiger partial charge < -0.3 is 25.5 Å². The lowest BCUT2D eigenvalue weighted by atomic mass is 9.82. The molecule has 1 aliphatic carbocycles. The molecular weight excluding hydrogens is 382 g/mol. The second-order valence-corrected chi connectivity index (χ2v) is 8.01. The normalized spacial score (nSPS) is 12.9. The van der Waals surface area contributed by atoms with Gasteiger partial charge in [-0.15, -0.1) is 0 Å². The lowest BCUT2D eigenvalue weighted by Crippen LogP contribution is -2.27. The van der Waals surface area contributed by atoms with E-state index >= 15 is 0 Å². The van der Waals surface area contributed by atoms with Crippen molar-refractivity contribution in [3.63, 3.8) is 0 Å².